The van der Waals surface area contributed by atoms with Gasteiger partial charge in [0, 0.05) is 23.6 Å². The Labute approximate surface area is 93.1 Å². The number of alkyl halides is 1. The highest BCUT2D eigenvalue weighted by molar-refractivity contribution is 9.09. The lowest BCUT2D eigenvalue weighted by Gasteiger charge is -2.07. The fraction of sp³-hybridized carbons (Fsp3) is 0.273. The molecule has 0 saturated carbocycles. The number of hydrogen-bond acceptors (Lipinski definition) is 2. The number of allylic oxidation sites excluding steroid dienone is 1. The fourth-order valence-electron chi connectivity index (χ4n) is 1.20. The van der Waals surface area contributed by atoms with Crippen LogP contribution in [0.1, 0.15) is 5.56 Å². The highest BCUT2D eigenvalue weighted by atomic mass is 79.9. The molecule has 0 radical (unpaired) electrons. The van der Waals surface area contributed by atoms with Gasteiger partial charge in [0.1, 0.15) is 5.75 Å². The average Bonchev–Trinajstić information content (AvgIpc) is 2.25. The van der Waals surface area contributed by atoms with E-state index in [-0.39, 0.29) is 0 Å². The summed E-state index contributed by atoms with van der Waals surface area (Å²) in [5.41, 5.74) is 2.23. The molecule has 0 heterocycles. The minimum atomic E-state index is 0.855. The Morgan fingerprint density at radius 2 is 2.29 bits per heavy atom. The van der Waals surface area contributed by atoms with Gasteiger partial charge in [-0.1, -0.05) is 28.1 Å². The van der Waals surface area contributed by atoms with Crippen molar-refractivity contribution in [2.24, 2.45) is 0 Å². The zero-order valence-electron chi connectivity index (χ0n) is 8.38. The molecule has 0 fully saturated rings. The van der Waals surface area contributed by atoms with Crippen LogP contribution in [0.2, 0.25) is 0 Å². The van der Waals surface area contributed by atoms with Gasteiger partial charge in [0.25, 0.3) is 0 Å². The van der Waals surface area contributed by atoms with E-state index in [2.05, 4.69) is 33.4 Å². The Morgan fingerprint density at radius 1 is 1.50 bits per heavy atom. The first-order valence-electron chi connectivity index (χ1n) is 4.40. The standard InChI is InChI=1S/C11H14BrNO/c1-13-11-6-5-10(14-2)8-9(11)4-3-7-12/h3-6,8,13H,7H2,1-2H3/b4-3-. The van der Waals surface area contributed by atoms with Crippen molar-refractivity contribution < 1.29 is 4.74 Å². The third-order valence-corrected chi connectivity index (χ3v) is 2.29. The first-order chi connectivity index (χ1) is 6.81. The number of benzene rings is 1. The van der Waals surface area contributed by atoms with Crippen LogP contribution >= 0.6 is 15.9 Å². The van der Waals surface area contributed by atoms with Crippen LogP contribution in [0.15, 0.2) is 24.3 Å². The fourth-order valence-corrected chi connectivity index (χ4v) is 1.39. The summed E-state index contributed by atoms with van der Waals surface area (Å²) in [6.45, 7) is 0. The predicted molar refractivity (Wildman–Crippen MR) is 65.4 cm³/mol. The highest BCUT2D eigenvalue weighted by Gasteiger charge is 1.99. The summed E-state index contributed by atoms with van der Waals surface area (Å²) in [5.74, 6) is 0.873. The minimum Gasteiger partial charge on any atom is -0.497 e. The third-order valence-electron chi connectivity index (χ3n) is 1.91. The smallest absolute Gasteiger partial charge is 0.119 e. The molecular formula is C11H14BrNO. The van der Waals surface area contributed by atoms with E-state index in [1.165, 1.54) is 0 Å². The van der Waals surface area contributed by atoms with Gasteiger partial charge in [-0.15, -0.1) is 0 Å². The van der Waals surface area contributed by atoms with Gasteiger partial charge in [-0.05, 0) is 18.2 Å². The zero-order valence-corrected chi connectivity index (χ0v) is 9.97. The molecule has 2 nitrogen and oxygen atoms in total. The van der Waals surface area contributed by atoms with E-state index >= 15 is 0 Å². The number of anilines is 1. The van der Waals surface area contributed by atoms with Gasteiger partial charge in [-0.25, -0.2) is 0 Å². The predicted octanol–water partition coefficient (Wildman–Crippen LogP) is 3.15. The topological polar surface area (TPSA) is 21.3 Å². The first-order valence-corrected chi connectivity index (χ1v) is 5.52. The lowest BCUT2D eigenvalue weighted by atomic mass is 10.1. The van der Waals surface area contributed by atoms with E-state index in [1.807, 2.05) is 25.2 Å². The van der Waals surface area contributed by atoms with Crippen molar-refractivity contribution in [3.05, 3.63) is 29.8 Å². The molecule has 1 aromatic rings. The molecule has 14 heavy (non-hydrogen) atoms. The quantitative estimate of drug-likeness (QED) is 0.835. The monoisotopic (exact) mass is 255 g/mol. The highest BCUT2D eigenvalue weighted by Crippen LogP contribution is 2.22. The maximum Gasteiger partial charge on any atom is 0.119 e. The molecular weight excluding hydrogens is 242 g/mol. The molecule has 0 aliphatic heterocycles. The van der Waals surface area contributed by atoms with E-state index in [0.29, 0.717) is 0 Å². The summed E-state index contributed by atoms with van der Waals surface area (Å²) in [7, 11) is 3.58. The molecule has 1 rings (SSSR count). The Bertz CT molecular complexity index is 323. The summed E-state index contributed by atoms with van der Waals surface area (Å²) in [6.07, 6.45) is 4.11. The normalized spacial score (nSPS) is 10.5. The maximum absolute atomic E-state index is 5.16. The van der Waals surface area contributed by atoms with E-state index in [9.17, 15) is 0 Å². The third kappa shape index (κ3) is 2.77. The minimum absolute atomic E-state index is 0.855. The molecule has 0 bridgehead atoms. The number of methoxy groups -OCH3 is 1. The Kier molecular flexibility index (Phi) is 4.53. The molecule has 1 N–H and O–H groups in total. The summed E-state index contributed by atoms with van der Waals surface area (Å²) in [4.78, 5) is 0. The average molecular weight is 256 g/mol. The van der Waals surface area contributed by atoms with Gasteiger partial charge in [0.15, 0.2) is 0 Å². The van der Waals surface area contributed by atoms with Gasteiger partial charge >= 0.3 is 0 Å². The van der Waals surface area contributed by atoms with Crippen molar-refractivity contribution >= 4 is 27.7 Å². The second-order valence-corrected chi connectivity index (χ2v) is 3.41. The molecule has 0 saturated heterocycles. The summed E-state index contributed by atoms with van der Waals surface area (Å²) in [6, 6.07) is 5.95. The van der Waals surface area contributed by atoms with Crippen LogP contribution in [-0.2, 0) is 0 Å². The van der Waals surface area contributed by atoms with Crippen LogP contribution in [0, 0.1) is 0 Å². The van der Waals surface area contributed by atoms with E-state index in [4.69, 9.17) is 4.74 Å². The second kappa shape index (κ2) is 5.70. The van der Waals surface area contributed by atoms with Crippen molar-refractivity contribution in [3.63, 3.8) is 0 Å². The molecule has 0 aliphatic carbocycles. The molecule has 3 heteroatoms. The van der Waals surface area contributed by atoms with Crippen LogP contribution in [0.5, 0.6) is 5.75 Å². The Balaban J connectivity index is 3.02. The molecule has 0 aliphatic rings. The number of halogens is 1. The number of hydrogen-bond donors (Lipinski definition) is 1. The van der Waals surface area contributed by atoms with Gasteiger partial charge in [-0.2, -0.15) is 0 Å². The second-order valence-electron chi connectivity index (χ2n) is 2.76. The van der Waals surface area contributed by atoms with Gasteiger partial charge in [-0.3, -0.25) is 0 Å². The van der Waals surface area contributed by atoms with Crippen LogP contribution in [0.3, 0.4) is 0 Å². The van der Waals surface area contributed by atoms with Crippen LogP contribution in [-0.4, -0.2) is 19.5 Å². The van der Waals surface area contributed by atoms with Crippen molar-refractivity contribution in [2.75, 3.05) is 24.8 Å². The molecule has 76 valence electrons. The SMILES string of the molecule is CNc1ccc(OC)cc1/C=C\CBr. The van der Waals surface area contributed by atoms with Crippen LogP contribution in [0.4, 0.5) is 5.69 Å². The number of rotatable bonds is 4. The molecule has 0 unspecified atom stereocenters. The van der Waals surface area contributed by atoms with E-state index in [0.717, 1.165) is 22.3 Å². The van der Waals surface area contributed by atoms with Crippen molar-refractivity contribution in [1.82, 2.24) is 0 Å². The van der Waals surface area contributed by atoms with E-state index in [1.54, 1.807) is 7.11 Å². The largest absolute Gasteiger partial charge is 0.497 e. The molecule has 0 spiro atoms. The van der Waals surface area contributed by atoms with Crippen LogP contribution < -0.4 is 10.1 Å². The molecule has 0 aromatic heterocycles. The Morgan fingerprint density at radius 3 is 2.86 bits per heavy atom. The van der Waals surface area contributed by atoms with Gasteiger partial charge in [0.05, 0.1) is 7.11 Å². The first kappa shape index (κ1) is 11.1. The van der Waals surface area contributed by atoms with Crippen molar-refractivity contribution in [3.8, 4) is 5.75 Å². The maximum atomic E-state index is 5.16. The van der Waals surface area contributed by atoms with E-state index < -0.39 is 0 Å². The number of ether oxygens (including phenoxy) is 1. The molecule has 1 aromatic carbocycles. The van der Waals surface area contributed by atoms with Crippen LogP contribution in [0.25, 0.3) is 6.08 Å². The van der Waals surface area contributed by atoms with Crippen molar-refractivity contribution in [2.45, 2.75) is 0 Å². The van der Waals surface area contributed by atoms with Gasteiger partial charge in [0.2, 0.25) is 0 Å². The lowest BCUT2D eigenvalue weighted by Crippen LogP contribution is -1.92. The summed E-state index contributed by atoms with van der Waals surface area (Å²) < 4.78 is 5.16. The zero-order chi connectivity index (χ0) is 10.4. The summed E-state index contributed by atoms with van der Waals surface area (Å²) in [5, 5.41) is 3.99. The lowest BCUT2D eigenvalue weighted by molar-refractivity contribution is 0.415. The molecule has 0 atom stereocenters. The van der Waals surface area contributed by atoms with Gasteiger partial charge < -0.3 is 10.1 Å². The van der Waals surface area contributed by atoms with Crippen molar-refractivity contribution in [1.29, 1.82) is 0 Å². The summed E-state index contributed by atoms with van der Waals surface area (Å²) >= 11 is 3.35. The Hall–Kier alpha value is -0.960. The number of nitrogens with one attached hydrogen (secondary N) is 1. The molecule has 0 amide bonds.